The molecule has 2 aromatic heterocycles. The van der Waals surface area contributed by atoms with Gasteiger partial charge in [0.2, 0.25) is 0 Å². The number of hydrogen-bond acceptors (Lipinski definition) is 6. The van der Waals surface area contributed by atoms with Gasteiger partial charge in [0.25, 0.3) is 11.2 Å². The largest absolute Gasteiger partial charge is 0.486 e. The zero-order valence-corrected chi connectivity index (χ0v) is 12.5. The molecule has 0 atom stereocenters. The minimum Gasteiger partial charge on any atom is -0.486 e. The van der Waals surface area contributed by atoms with E-state index in [4.69, 9.17) is 16.3 Å². The van der Waals surface area contributed by atoms with Gasteiger partial charge in [-0.15, -0.1) is 11.3 Å². The van der Waals surface area contributed by atoms with E-state index in [2.05, 4.69) is 4.98 Å². The van der Waals surface area contributed by atoms with Crippen molar-refractivity contribution in [3.8, 4) is 5.75 Å². The van der Waals surface area contributed by atoms with Gasteiger partial charge in [0.15, 0.2) is 4.96 Å². The number of hydrogen-bond donors (Lipinski definition) is 0. The van der Waals surface area contributed by atoms with Crippen LogP contribution in [0.25, 0.3) is 4.96 Å². The van der Waals surface area contributed by atoms with E-state index in [0.717, 1.165) is 0 Å². The van der Waals surface area contributed by atoms with Gasteiger partial charge >= 0.3 is 0 Å². The zero-order chi connectivity index (χ0) is 15.7. The monoisotopic (exact) mass is 337 g/mol. The Morgan fingerprint density at radius 3 is 2.95 bits per heavy atom. The Labute approximate surface area is 132 Å². The van der Waals surface area contributed by atoms with Crippen molar-refractivity contribution in [2.45, 2.75) is 6.61 Å². The summed E-state index contributed by atoms with van der Waals surface area (Å²) in [6.07, 6.45) is 1.65. The Balaban J connectivity index is 1.82. The lowest BCUT2D eigenvalue weighted by Crippen LogP contribution is -2.14. The van der Waals surface area contributed by atoms with Crippen molar-refractivity contribution < 1.29 is 9.66 Å². The number of halogens is 1. The maximum atomic E-state index is 11.8. The van der Waals surface area contributed by atoms with E-state index in [1.807, 2.05) is 0 Å². The Hall–Kier alpha value is -2.45. The van der Waals surface area contributed by atoms with Crippen LogP contribution in [-0.4, -0.2) is 14.3 Å². The molecule has 0 aliphatic heterocycles. The van der Waals surface area contributed by atoms with Crippen molar-refractivity contribution >= 4 is 33.6 Å². The minimum absolute atomic E-state index is 0.0428. The molecule has 3 rings (SSSR count). The van der Waals surface area contributed by atoms with Crippen molar-refractivity contribution in [2.75, 3.05) is 0 Å². The molecule has 0 N–H and O–H groups in total. The smallest absolute Gasteiger partial charge is 0.271 e. The third-order valence-electron chi connectivity index (χ3n) is 2.86. The average molecular weight is 338 g/mol. The SMILES string of the molecule is O=c1cc(COc2ccc([N+](=O)[O-])cc2Cl)nc2sccn12. The number of aromatic nitrogens is 2. The third-order valence-corrected chi connectivity index (χ3v) is 3.91. The first kappa shape index (κ1) is 14.5. The highest BCUT2D eigenvalue weighted by molar-refractivity contribution is 7.15. The summed E-state index contributed by atoms with van der Waals surface area (Å²) in [7, 11) is 0. The van der Waals surface area contributed by atoms with Crippen LogP contribution in [0, 0.1) is 10.1 Å². The molecule has 0 bridgehead atoms. The van der Waals surface area contributed by atoms with Gasteiger partial charge in [0.1, 0.15) is 12.4 Å². The van der Waals surface area contributed by atoms with E-state index in [-0.39, 0.29) is 22.9 Å². The average Bonchev–Trinajstić information content (AvgIpc) is 2.94. The summed E-state index contributed by atoms with van der Waals surface area (Å²) in [5, 5.41) is 12.5. The molecule has 0 aliphatic rings. The fourth-order valence-electron chi connectivity index (χ4n) is 1.83. The maximum Gasteiger partial charge on any atom is 0.271 e. The Morgan fingerprint density at radius 2 is 2.23 bits per heavy atom. The van der Waals surface area contributed by atoms with Crippen LogP contribution in [-0.2, 0) is 6.61 Å². The number of thiazole rings is 1. The van der Waals surface area contributed by atoms with E-state index >= 15 is 0 Å². The summed E-state index contributed by atoms with van der Waals surface area (Å²) >= 11 is 7.28. The van der Waals surface area contributed by atoms with Crippen LogP contribution in [0.15, 0.2) is 40.6 Å². The van der Waals surface area contributed by atoms with E-state index in [1.165, 1.54) is 40.0 Å². The van der Waals surface area contributed by atoms with Gasteiger partial charge in [0, 0.05) is 29.8 Å². The first-order valence-electron chi connectivity index (χ1n) is 6.07. The highest BCUT2D eigenvalue weighted by Crippen LogP contribution is 2.29. The summed E-state index contributed by atoms with van der Waals surface area (Å²) in [5.74, 6) is 0.292. The number of fused-ring (bicyclic) bond motifs is 1. The van der Waals surface area contributed by atoms with Crippen LogP contribution < -0.4 is 10.3 Å². The molecule has 0 saturated carbocycles. The quantitative estimate of drug-likeness (QED) is 0.539. The maximum absolute atomic E-state index is 11.8. The number of rotatable bonds is 4. The molecule has 0 amide bonds. The number of ether oxygens (including phenoxy) is 1. The van der Waals surface area contributed by atoms with Crippen molar-refractivity contribution in [3.63, 3.8) is 0 Å². The number of nitrogens with zero attached hydrogens (tertiary/aromatic N) is 3. The van der Waals surface area contributed by atoms with E-state index in [0.29, 0.717) is 16.4 Å². The molecule has 0 aliphatic carbocycles. The second-order valence-corrected chi connectivity index (χ2v) is 5.58. The molecule has 3 aromatic rings. The van der Waals surface area contributed by atoms with Crippen molar-refractivity contribution in [1.29, 1.82) is 0 Å². The Morgan fingerprint density at radius 1 is 1.41 bits per heavy atom. The number of non-ortho nitro benzene ring substituents is 1. The highest BCUT2D eigenvalue weighted by Gasteiger charge is 2.11. The fourth-order valence-corrected chi connectivity index (χ4v) is 2.80. The number of benzene rings is 1. The molecule has 7 nitrogen and oxygen atoms in total. The lowest BCUT2D eigenvalue weighted by Gasteiger charge is -2.07. The van der Waals surface area contributed by atoms with Crippen LogP contribution in [0.5, 0.6) is 5.75 Å². The molecule has 0 saturated heterocycles. The molecular weight excluding hydrogens is 330 g/mol. The fraction of sp³-hybridized carbons (Fsp3) is 0.0769. The molecule has 2 heterocycles. The molecule has 1 aromatic carbocycles. The summed E-state index contributed by atoms with van der Waals surface area (Å²) in [4.78, 5) is 26.8. The molecule has 22 heavy (non-hydrogen) atoms. The van der Waals surface area contributed by atoms with Gasteiger partial charge in [-0.1, -0.05) is 11.6 Å². The number of nitro groups is 1. The molecule has 0 radical (unpaired) electrons. The first-order valence-corrected chi connectivity index (χ1v) is 7.33. The predicted molar refractivity (Wildman–Crippen MR) is 81.8 cm³/mol. The van der Waals surface area contributed by atoms with Gasteiger partial charge in [-0.25, -0.2) is 4.98 Å². The Kier molecular flexibility index (Phi) is 3.78. The van der Waals surface area contributed by atoms with Gasteiger partial charge < -0.3 is 4.74 Å². The van der Waals surface area contributed by atoms with E-state index in [1.54, 1.807) is 11.6 Å². The van der Waals surface area contributed by atoms with Gasteiger partial charge in [-0.3, -0.25) is 19.3 Å². The summed E-state index contributed by atoms with van der Waals surface area (Å²) in [5.41, 5.74) is 0.148. The Bertz CT molecular complexity index is 921. The lowest BCUT2D eigenvalue weighted by atomic mass is 10.3. The first-order chi connectivity index (χ1) is 10.5. The molecular formula is C13H8ClN3O4S. The van der Waals surface area contributed by atoms with Gasteiger partial charge in [0.05, 0.1) is 15.6 Å². The third kappa shape index (κ3) is 2.78. The lowest BCUT2D eigenvalue weighted by molar-refractivity contribution is -0.384. The van der Waals surface area contributed by atoms with Crippen molar-refractivity contribution in [1.82, 2.24) is 9.38 Å². The second kappa shape index (κ2) is 5.74. The normalized spacial score (nSPS) is 10.8. The molecule has 0 unspecified atom stereocenters. The standard InChI is InChI=1S/C13H8ClN3O4S/c14-10-6-9(17(19)20)1-2-11(10)21-7-8-5-12(18)16-3-4-22-13(16)15-8/h1-6H,7H2. The van der Waals surface area contributed by atoms with Crippen LogP contribution >= 0.6 is 22.9 Å². The topological polar surface area (TPSA) is 86.7 Å². The van der Waals surface area contributed by atoms with Gasteiger partial charge in [-0.2, -0.15) is 0 Å². The molecule has 112 valence electrons. The highest BCUT2D eigenvalue weighted by atomic mass is 35.5. The summed E-state index contributed by atoms with van der Waals surface area (Å²) in [6.45, 7) is 0.0428. The van der Waals surface area contributed by atoms with E-state index < -0.39 is 4.92 Å². The summed E-state index contributed by atoms with van der Waals surface area (Å²) < 4.78 is 6.92. The minimum atomic E-state index is -0.539. The van der Waals surface area contributed by atoms with Crippen molar-refractivity contribution in [3.05, 3.63) is 67.0 Å². The van der Waals surface area contributed by atoms with Crippen LogP contribution in [0.2, 0.25) is 5.02 Å². The van der Waals surface area contributed by atoms with Crippen LogP contribution in [0.1, 0.15) is 5.69 Å². The molecule has 0 spiro atoms. The van der Waals surface area contributed by atoms with Crippen LogP contribution in [0.3, 0.4) is 0 Å². The molecule has 9 heteroatoms. The van der Waals surface area contributed by atoms with Crippen molar-refractivity contribution in [2.24, 2.45) is 0 Å². The summed E-state index contributed by atoms with van der Waals surface area (Å²) in [6, 6.07) is 5.30. The van der Waals surface area contributed by atoms with Crippen LogP contribution in [0.4, 0.5) is 5.69 Å². The zero-order valence-electron chi connectivity index (χ0n) is 10.9. The molecule has 0 fully saturated rings. The number of nitro benzene ring substituents is 1. The predicted octanol–water partition coefficient (Wildman–Crippen LogP) is 2.90. The van der Waals surface area contributed by atoms with Gasteiger partial charge in [-0.05, 0) is 6.07 Å². The second-order valence-electron chi connectivity index (χ2n) is 4.30. The van der Waals surface area contributed by atoms with E-state index in [9.17, 15) is 14.9 Å².